The van der Waals surface area contributed by atoms with Crippen LogP contribution in [0.25, 0.3) is 0 Å². The first-order valence-corrected chi connectivity index (χ1v) is 22.1. The summed E-state index contributed by atoms with van der Waals surface area (Å²) < 4.78 is 27.7. The van der Waals surface area contributed by atoms with Crippen LogP contribution in [0.1, 0.15) is 63.7 Å². The Morgan fingerprint density at radius 3 is 1.96 bits per heavy atom. The van der Waals surface area contributed by atoms with E-state index >= 15 is 0 Å². The number of nitrogens with one attached hydrogen (secondary N) is 1. The molecule has 53 heavy (non-hydrogen) atoms. The van der Waals surface area contributed by atoms with Crippen molar-refractivity contribution in [3.8, 4) is 0 Å². The van der Waals surface area contributed by atoms with Gasteiger partial charge in [0.25, 0.3) is 0 Å². The molecule has 7 nitrogen and oxygen atoms in total. The van der Waals surface area contributed by atoms with Gasteiger partial charge >= 0.3 is 5.97 Å². The third kappa shape index (κ3) is 5.65. The van der Waals surface area contributed by atoms with Crippen molar-refractivity contribution in [2.24, 2.45) is 16.7 Å². The fraction of sp³-hybridized carbons (Fsp3) is 0.500. The lowest BCUT2D eigenvalue weighted by Gasteiger charge is -2.71. The summed E-state index contributed by atoms with van der Waals surface area (Å²) in [5.74, 6) is -0.479. The highest BCUT2D eigenvalue weighted by Gasteiger charge is 2.76. The van der Waals surface area contributed by atoms with Crippen LogP contribution in [0, 0.1) is 16.7 Å². The molecule has 2 bridgehead atoms. The van der Waals surface area contributed by atoms with E-state index in [4.69, 9.17) is 18.9 Å². The molecule has 3 heterocycles. The van der Waals surface area contributed by atoms with E-state index in [-0.39, 0.29) is 33.8 Å². The third-order valence-corrected chi connectivity index (χ3v) is 18.4. The summed E-state index contributed by atoms with van der Waals surface area (Å²) in [6.45, 7) is 9.27. The van der Waals surface area contributed by atoms with Gasteiger partial charge in [-0.3, -0.25) is 0 Å². The summed E-state index contributed by atoms with van der Waals surface area (Å²) in [5.41, 5.74) is -1.08. The van der Waals surface area contributed by atoms with Crippen molar-refractivity contribution < 1.29 is 28.8 Å². The molecule has 2 saturated carbocycles. The number of carbonyl (C=O) groups excluding carboxylic acids is 1. The number of allylic oxidation sites excluding steroid dienone is 1. The van der Waals surface area contributed by atoms with Crippen molar-refractivity contribution in [3.05, 3.63) is 95.6 Å². The summed E-state index contributed by atoms with van der Waals surface area (Å²) in [4.78, 5) is 19.2. The maximum Gasteiger partial charge on any atom is 0.338 e. The predicted molar refractivity (Wildman–Crippen MR) is 212 cm³/mol. The van der Waals surface area contributed by atoms with Crippen LogP contribution in [0.3, 0.4) is 0 Å². The van der Waals surface area contributed by atoms with E-state index in [1.807, 2.05) is 25.2 Å². The number of carbonyl (C=O) groups is 1. The van der Waals surface area contributed by atoms with Gasteiger partial charge in [0.15, 0.2) is 15.6 Å². The molecule has 9 rings (SSSR count). The Morgan fingerprint density at radius 1 is 0.849 bits per heavy atom. The van der Waals surface area contributed by atoms with Gasteiger partial charge in [0.1, 0.15) is 5.60 Å². The van der Waals surface area contributed by atoms with E-state index in [9.17, 15) is 9.90 Å². The number of ether oxygens (including phenoxy) is 4. The zero-order valence-corrected chi connectivity index (χ0v) is 34.0. The normalized spacial score (nSPS) is 36.0. The summed E-state index contributed by atoms with van der Waals surface area (Å²) in [5, 5.41) is 17.5. The monoisotopic (exact) mass is 789 g/mol. The molecular weight excluding hydrogens is 743 g/mol. The van der Waals surface area contributed by atoms with Crippen LogP contribution in [-0.4, -0.2) is 69.8 Å². The molecule has 8 atom stereocenters. The van der Waals surface area contributed by atoms with Gasteiger partial charge in [-0.05, 0) is 75.2 Å². The highest BCUT2D eigenvalue weighted by atomic mass is 32.2. The van der Waals surface area contributed by atoms with E-state index in [0.29, 0.717) is 37.9 Å². The molecule has 3 aromatic rings. The number of hydrogen-bond donors (Lipinski definition) is 2. The van der Waals surface area contributed by atoms with Crippen molar-refractivity contribution >= 4 is 53.0 Å². The standard InChI is InChI=1S/C42H47NO6S4/c1-24-19-20-41(45)36(49-35(44)25-13-7-6-8-14-25)42(43-5)26-23-46-27(26)21-33(48-38-52-31-17-11-12-18-32(31)53-38)40(42,4)22-28(34(24)39(41,2)3)47-37-50-29-15-9-10-16-30(29)51-37/h6-18,26-28,33,36-38,43,45H,19-23H2,1-5H3. The first kappa shape index (κ1) is 36.7. The topological polar surface area (TPSA) is 86.2 Å². The number of rotatable bonds is 7. The molecule has 2 N–H and O–H groups in total. The van der Waals surface area contributed by atoms with Crippen LogP contribution in [0.2, 0.25) is 0 Å². The number of likely N-dealkylation sites (N-methyl/N-ethyl adjacent to an activating group) is 1. The Bertz CT molecular complexity index is 1890. The first-order valence-electron chi connectivity index (χ1n) is 18.6. The Labute approximate surface area is 329 Å². The van der Waals surface area contributed by atoms with Crippen LogP contribution in [-0.2, 0) is 18.9 Å². The number of fused-ring (bicyclic) bond motifs is 7. The van der Waals surface area contributed by atoms with Crippen molar-refractivity contribution in [3.63, 3.8) is 0 Å². The minimum absolute atomic E-state index is 0.0412. The Balaban J connectivity index is 1.20. The lowest BCUT2D eigenvalue weighted by molar-refractivity contribution is -0.306. The van der Waals surface area contributed by atoms with Gasteiger partial charge in [0.05, 0.1) is 36.0 Å². The molecule has 8 unspecified atom stereocenters. The second kappa shape index (κ2) is 13.6. The fourth-order valence-corrected chi connectivity index (χ4v) is 15.7. The molecule has 3 aromatic carbocycles. The molecule has 1 saturated heterocycles. The van der Waals surface area contributed by atoms with Gasteiger partial charge in [0.2, 0.25) is 0 Å². The van der Waals surface area contributed by atoms with Gasteiger partial charge in [-0.25, -0.2) is 4.79 Å². The summed E-state index contributed by atoms with van der Waals surface area (Å²) in [7, 11) is 1.98. The van der Waals surface area contributed by atoms with Crippen LogP contribution in [0.15, 0.2) is 110 Å². The Hall–Kier alpha value is -1.93. The van der Waals surface area contributed by atoms with Crippen molar-refractivity contribution in [2.75, 3.05) is 13.7 Å². The molecule has 3 fully saturated rings. The number of hydrogen-bond acceptors (Lipinski definition) is 11. The number of thioether (sulfide) groups is 4. The summed E-state index contributed by atoms with van der Waals surface area (Å²) >= 11 is 7.01. The summed E-state index contributed by atoms with van der Waals surface area (Å²) in [6.07, 6.45) is 0.725. The van der Waals surface area contributed by atoms with E-state index in [1.54, 1.807) is 59.2 Å². The lowest BCUT2D eigenvalue weighted by Crippen LogP contribution is -2.85. The lowest BCUT2D eigenvalue weighted by atomic mass is 9.43. The third-order valence-electron chi connectivity index (χ3n) is 13.3. The highest BCUT2D eigenvalue weighted by molar-refractivity contribution is 8.19. The smallest absolute Gasteiger partial charge is 0.338 e. The van der Waals surface area contributed by atoms with Crippen molar-refractivity contribution in [1.82, 2.24) is 5.32 Å². The highest BCUT2D eigenvalue weighted by Crippen LogP contribution is 2.66. The average Bonchev–Trinajstić information content (AvgIpc) is 3.75. The van der Waals surface area contributed by atoms with Gasteiger partial charge in [-0.15, -0.1) is 0 Å². The summed E-state index contributed by atoms with van der Waals surface area (Å²) in [6, 6.07) is 26.1. The zero-order chi connectivity index (χ0) is 36.8. The van der Waals surface area contributed by atoms with E-state index in [0.717, 1.165) is 5.57 Å². The van der Waals surface area contributed by atoms with Crippen LogP contribution >= 0.6 is 47.0 Å². The second-order valence-electron chi connectivity index (χ2n) is 16.0. The van der Waals surface area contributed by atoms with Gasteiger partial charge < -0.3 is 29.4 Å². The maximum atomic E-state index is 14.3. The van der Waals surface area contributed by atoms with Gasteiger partial charge in [-0.1, -0.05) is 116 Å². The SMILES string of the molecule is CNC12C3COC3CC(OC3Sc4ccccc4S3)C1(C)CC(OC1Sc3ccccc3S1)C1=C(C)CCC(O)(C2OC(=O)c2ccccc2)C1(C)C. The van der Waals surface area contributed by atoms with Crippen LogP contribution in [0.4, 0.5) is 0 Å². The predicted octanol–water partition coefficient (Wildman–Crippen LogP) is 9.00. The Kier molecular flexibility index (Phi) is 9.43. The molecule has 0 amide bonds. The average molecular weight is 790 g/mol. The number of esters is 1. The maximum absolute atomic E-state index is 14.3. The molecule has 0 spiro atoms. The largest absolute Gasteiger partial charge is 0.454 e. The molecule has 3 aliphatic heterocycles. The molecule has 0 aromatic heterocycles. The molecule has 6 aliphatic rings. The van der Waals surface area contributed by atoms with E-state index < -0.39 is 34.0 Å². The van der Waals surface area contributed by atoms with E-state index in [2.05, 4.69) is 81.5 Å². The second-order valence-corrected chi connectivity index (χ2v) is 21.1. The Morgan fingerprint density at radius 2 is 1.42 bits per heavy atom. The number of benzene rings is 3. The zero-order valence-electron chi connectivity index (χ0n) is 30.7. The van der Waals surface area contributed by atoms with Gasteiger partial charge in [-0.2, -0.15) is 0 Å². The molecule has 0 radical (unpaired) electrons. The number of aliphatic hydroxyl groups is 1. The quantitative estimate of drug-likeness (QED) is 0.178. The van der Waals surface area contributed by atoms with Crippen molar-refractivity contribution in [1.29, 1.82) is 0 Å². The van der Waals surface area contributed by atoms with Crippen LogP contribution in [0.5, 0.6) is 0 Å². The minimum atomic E-state index is -1.45. The molecular formula is C42H47NO6S4. The molecule has 11 heteroatoms. The minimum Gasteiger partial charge on any atom is -0.454 e. The molecule has 3 aliphatic carbocycles. The molecule has 280 valence electrons. The van der Waals surface area contributed by atoms with Gasteiger partial charge in [0, 0.05) is 42.8 Å². The van der Waals surface area contributed by atoms with Crippen LogP contribution < -0.4 is 5.32 Å². The van der Waals surface area contributed by atoms with Crippen molar-refractivity contribution in [2.45, 2.75) is 118 Å². The fourth-order valence-electron chi connectivity index (χ4n) is 10.5. The van der Waals surface area contributed by atoms with E-state index in [1.165, 1.54) is 25.2 Å². The first-order chi connectivity index (χ1) is 25.5.